The Bertz CT molecular complexity index is 2130. The first kappa shape index (κ1) is 28.6. The number of hydrogen-bond donors (Lipinski definition) is 1. The zero-order valence-electron chi connectivity index (χ0n) is 23.9. The second-order valence-corrected chi connectivity index (χ2v) is 11.2. The fourth-order valence-corrected chi connectivity index (χ4v) is 6.12. The first-order valence-corrected chi connectivity index (χ1v) is 14.4. The van der Waals surface area contributed by atoms with Crippen LogP contribution in [0, 0.1) is 17.0 Å². The van der Waals surface area contributed by atoms with E-state index >= 15 is 0 Å². The SMILES string of the molecule is COc1ccc(-c2ccc(/C=c3\sc4n(c3=O)[C@@H](c3ccc(C)cc3)C(C(=O)Nc3ccccc3)=C(C)N=4)o2)c([N+](=O)[O-])c1. The largest absolute Gasteiger partial charge is 0.497 e. The van der Waals surface area contributed by atoms with E-state index in [-0.39, 0.29) is 28.5 Å². The van der Waals surface area contributed by atoms with Gasteiger partial charge in [0.2, 0.25) is 0 Å². The highest BCUT2D eigenvalue weighted by molar-refractivity contribution is 7.07. The van der Waals surface area contributed by atoms with Gasteiger partial charge in [-0.1, -0.05) is 59.4 Å². The van der Waals surface area contributed by atoms with Crippen LogP contribution in [0.4, 0.5) is 11.4 Å². The van der Waals surface area contributed by atoms with Gasteiger partial charge < -0.3 is 14.5 Å². The number of rotatable bonds is 7. The number of para-hydroxylation sites is 1. The Morgan fingerprint density at radius 1 is 1.07 bits per heavy atom. The fraction of sp³-hybridized carbons (Fsp3) is 0.121. The molecular weight excluding hydrogens is 580 g/mol. The van der Waals surface area contributed by atoms with Crippen LogP contribution >= 0.6 is 11.3 Å². The monoisotopic (exact) mass is 606 g/mol. The molecule has 10 nitrogen and oxygen atoms in total. The van der Waals surface area contributed by atoms with E-state index in [1.54, 1.807) is 49.4 Å². The Balaban J connectivity index is 1.44. The Hall–Kier alpha value is -5.55. The summed E-state index contributed by atoms with van der Waals surface area (Å²) in [6.45, 7) is 3.73. The molecular formula is C33H26N4O6S. The van der Waals surface area contributed by atoms with Gasteiger partial charge in [-0.15, -0.1) is 0 Å². The third kappa shape index (κ3) is 5.36. The molecule has 6 rings (SSSR count). The van der Waals surface area contributed by atoms with E-state index in [0.717, 1.165) is 11.1 Å². The zero-order chi connectivity index (χ0) is 31.0. The van der Waals surface area contributed by atoms with Crippen molar-refractivity contribution in [3.05, 3.63) is 143 Å². The minimum Gasteiger partial charge on any atom is -0.497 e. The number of aromatic nitrogens is 1. The molecule has 0 saturated heterocycles. The lowest BCUT2D eigenvalue weighted by molar-refractivity contribution is -0.384. The number of nitro groups is 1. The molecule has 5 aromatic rings. The van der Waals surface area contributed by atoms with E-state index in [2.05, 4.69) is 10.3 Å². The molecule has 2 aromatic heterocycles. The van der Waals surface area contributed by atoms with E-state index < -0.39 is 11.0 Å². The average Bonchev–Trinajstić information content (AvgIpc) is 3.60. The first-order chi connectivity index (χ1) is 21.2. The molecule has 1 N–H and O–H groups in total. The Labute approximate surface area is 255 Å². The summed E-state index contributed by atoms with van der Waals surface area (Å²) < 4.78 is 12.9. The van der Waals surface area contributed by atoms with Crippen LogP contribution in [-0.4, -0.2) is 22.5 Å². The van der Waals surface area contributed by atoms with Crippen LogP contribution in [0.15, 0.2) is 110 Å². The van der Waals surface area contributed by atoms with E-state index in [0.29, 0.717) is 37.8 Å². The highest BCUT2D eigenvalue weighted by Crippen LogP contribution is 2.34. The summed E-state index contributed by atoms with van der Waals surface area (Å²) in [4.78, 5) is 44.0. The number of benzene rings is 3. The Morgan fingerprint density at radius 2 is 1.82 bits per heavy atom. The molecule has 0 spiro atoms. The molecule has 0 saturated carbocycles. The van der Waals surface area contributed by atoms with Gasteiger partial charge in [-0.25, -0.2) is 4.99 Å². The number of methoxy groups -OCH3 is 1. The van der Waals surface area contributed by atoms with E-state index in [1.807, 2.05) is 49.4 Å². The summed E-state index contributed by atoms with van der Waals surface area (Å²) >= 11 is 1.18. The van der Waals surface area contributed by atoms with Crippen LogP contribution in [0.25, 0.3) is 17.4 Å². The summed E-state index contributed by atoms with van der Waals surface area (Å²) in [5.74, 6) is 0.601. The molecule has 0 aliphatic carbocycles. The van der Waals surface area contributed by atoms with Crippen molar-refractivity contribution < 1.29 is 18.9 Å². The summed E-state index contributed by atoms with van der Waals surface area (Å²) in [7, 11) is 1.43. The van der Waals surface area contributed by atoms with Gasteiger partial charge in [0.25, 0.3) is 17.2 Å². The predicted molar refractivity (Wildman–Crippen MR) is 167 cm³/mol. The van der Waals surface area contributed by atoms with Crippen LogP contribution in [0.5, 0.6) is 5.75 Å². The van der Waals surface area contributed by atoms with Crippen molar-refractivity contribution in [2.45, 2.75) is 19.9 Å². The fourth-order valence-electron chi connectivity index (χ4n) is 5.10. The van der Waals surface area contributed by atoms with Crippen LogP contribution < -0.4 is 24.9 Å². The Kier molecular flexibility index (Phi) is 7.54. The van der Waals surface area contributed by atoms with Crippen LogP contribution in [-0.2, 0) is 4.79 Å². The maximum atomic E-state index is 14.0. The smallest absolute Gasteiger partial charge is 0.284 e. The van der Waals surface area contributed by atoms with Gasteiger partial charge in [0.15, 0.2) is 4.80 Å². The predicted octanol–water partition coefficient (Wildman–Crippen LogP) is 5.36. The van der Waals surface area contributed by atoms with Crippen LogP contribution in [0.3, 0.4) is 0 Å². The molecule has 3 aromatic carbocycles. The third-order valence-corrected chi connectivity index (χ3v) is 8.24. The second kappa shape index (κ2) is 11.6. The zero-order valence-corrected chi connectivity index (χ0v) is 24.8. The van der Waals surface area contributed by atoms with E-state index in [1.165, 1.54) is 29.1 Å². The summed E-state index contributed by atoms with van der Waals surface area (Å²) in [5.41, 5.74) is 3.08. The minimum atomic E-state index is -0.716. The van der Waals surface area contributed by atoms with Gasteiger partial charge in [0.1, 0.15) is 17.3 Å². The van der Waals surface area contributed by atoms with Crippen molar-refractivity contribution in [3.8, 4) is 17.1 Å². The third-order valence-electron chi connectivity index (χ3n) is 7.26. The number of carbonyl (C=O) groups is 1. The molecule has 0 unspecified atom stereocenters. The molecule has 0 radical (unpaired) electrons. The number of furan rings is 1. The number of allylic oxidation sites excluding steroid dienone is 1. The average molecular weight is 607 g/mol. The van der Waals surface area contributed by atoms with Gasteiger partial charge in [0.05, 0.1) is 45.5 Å². The van der Waals surface area contributed by atoms with Gasteiger partial charge in [-0.05, 0) is 55.8 Å². The van der Waals surface area contributed by atoms with E-state index in [4.69, 9.17) is 9.15 Å². The number of nitro benzene ring substituents is 1. The molecule has 0 fully saturated rings. The molecule has 1 aliphatic rings. The summed E-state index contributed by atoms with van der Waals surface area (Å²) in [6.07, 6.45) is 1.58. The number of ether oxygens (including phenoxy) is 1. The molecule has 44 heavy (non-hydrogen) atoms. The highest BCUT2D eigenvalue weighted by Gasteiger charge is 2.32. The number of thiazole rings is 1. The van der Waals surface area contributed by atoms with Crippen LogP contribution in [0.1, 0.15) is 29.9 Å². The normalized spacial score (nSPS) is 14.6. The molecule has 1 aliphatic heterocycles. The summed E-state index contributed by atoms with van der Waals surface area (Å²) in [5, 5.41) is 14.6. The number of nitrogens with zero attached hydrogens (tertiary/aromatic N) is 3. The van der Waals surface area contributed by atoms with Crippen molar-refractivity contribution in [2.75, 3.05) is 12.4 Å². The van der Waals surface area contributed by atoms with E-state index in [9.17, 15) is 19.7 Å². The topological polar surface area (TPSA) is 129 Å². The lowest BCUT2D eigenvalue weighted by atomic mass is 9.94. The van der Waals surface area contributed by atoms with Gasteiger partial charge >= 0.3 is 0 Å². The van der Waals surface area contributed by atoms with Gasteiger partial charge in [-0.2, -0.15) is 0 Å². The number of fused-ring (bicyclic) bond motifs is 1. The first-order valence-electron chi connectivity index (χ1n) is 13.6. The summed E-state index contributed by atoms with van der Waals surface area (Å²) in [6, 6.07) is 23.8. The number of hydrogen-bond acceptors (Lipinski definition) is 8. The Morgan fingerprint density at radius 3 is 2.52 bits per heavy atom. The van der Waals surface area contributed by atoms with Crippen molar-refractivity contribution in [1.29, 1.82) is 0 Å². The minimum absolute atomic E-state index is 0.167. The molecule has 1 amide bonds. The maximum absolute atomic E-state index is 14.0. The number of carbonyl (C=O) groups excluding carboxylic acids is 1. The van der Waals surface area contributed by atoms with Crippen molar-refractivity contribution in [1.82, 2.24) is 4.57 Å². The molecule has 220 valence electrons. The van der Waals surface area contributed by atoms with Crippen molar-refractivity contribution in [2.24, 2.45) is 4.99 Å². The lowest BCUT2D eigenvalue weighted by Crippen LogP contribution is -2.40. The second-order valence-electron chi connectivity index (χ2n) is 10.2. The lowest BCUT2D eigenvalue weighted by Gasteiger charge is -2.25. The number of anilines is 1. The van der Waals surface area contributed by atoms with Crippen LogP contribution in [0.2, 0.25) is 0 Å². The molecule has 0 bridgehead atoms. The van der Waals surface area contributed by atoms with Crippen molar-refractivity contribution in [3.63, 3.8) is 0 Å². The van der Waals surface area contributed by atoms with Gasteiger partial charge in [-0.3, -0.25) is 24.3 Å². The molecule has 3 heterocycles. The highest BCUT2D eigenvalue weighted by atomic mass is 32.1. The number of nitrogens with one attached hydrogen (secondary N) is 1. The maximum Gasteiger partial charge on any atom is 0.284 e. The number of amides is 1. The standard InChI is InChI=1S/C33H26N4O6S/c1-19-9-11-21(12-10-19)30-29(31(38)35-22-7-5-4-6-8-22)20(2)34-33-36(30)32(39)28(44-33)18-24-14-16-27(43-24)25-15-13-23(42-3)17-26(25)37(40)41/h4-18,30H,1-3H3,(H,35,38)/b28-18-/t30-/m0/s1. The quantitative estimate of drug-likeness (QED) is 0.196. The molecule has 1 atom stereocenters. The molecule has 11 heteroatoms. The number of aryl methyl sites for hydroxylation is 1. The van der Waals surface area contributed by atoms with Crippen molar-refractivity contribution >= 4 is 34.7 Å². The van der Waals surface area contributed by atoms with Gasteiger partial charge in [0, 0.05) is 11.8 Å².